The molecule has 0 atom stereocenters. The average molecular weight is 265 g/mol. The molecule has 0 radical (unpaired) electrons. The molecular formula is C9H9ClOS3. The minimum Gasteiger partial charge on any atom is -0.497 e. The Kier molecular flexibility index (Phi) is 5.09. The third-order valence-electron chi connectivity index (χ3n) is 1.61. The first-order valence-electron chi connectivity index (χ1n) is 3.81. The van der Waals surface area contributed by atoms with Gasteiger partial charge in [-0.15, -0.1) is 24.4 Å². The molecule has 0 fully saturated rings. The number of thiocarbonyl (C=S) groups is 1. The molecule has 0 heterocycles. The minimum atomic E-state index is 0.622. The number of hydrogen-bond donors (Lipinski definition) is 1. The van der Waals surface area contributed by atoms with Gasteiger partial charge in [0.1, 0.15) is 9.28 Å². The van der Waals surface area contributed by atoms with Gasteiger partial charge in [0.2, 0.25) is 0 Å². The van der Waals surface area contributed by atoms with Gasteiger partial charge in [0.05, 0.1) is 7.11 Å². The van der Waals surface area contributed by atoms with Crippen molar-refractivity contribution in [1.29, 1.82) is 0 Å². The maximum atomic E-state index is 6.03. The van der Waals surface area contributed by atoms with E-state index in [1.54, 1.807) is 13.2 Å². The summed E-state index contributed by atoms with van der Waals surface area (Å²) in [5.74, 6) is 1.50. The quantitative estimate of drug-likeness (QED) is 0.657. The molecule has 0 unspecified atom stereocenters. The monoisotopic (exact) mass is 264 g/mol. The van der Waals surface area contributed by atoms with E-state index in [0.29, 0.717) is 8.55 Å². The number of thiol groups is 1. The Morgan fingerprint density at radius 3 is 2.86 bits per heavy atom. The lowest BCUT2D eigenvalue weighted by molar-refractivity contribution is 0.414. The average Bonchev–Trinajstić information content (AvgIpc) is 2.15. The van der Waals surface area contributed by atoms with Crippen LogP contribution in [0.3, 0.4) is 0 Å². The molecule has 0 aromatic heterocycles. The summed E-state index contributed by atoms with van der Waals surface area (Å²) in [6.07, 6.45) is 0. The minimum absolute atomic E-state index is 0.622. The predicted octanol–water partition coefficient (Wildman–Crippen LogP) is 3.80. The van der Waals surface area contributed by atoms with Crippen molar-refractivity contribution >= 4 is 51.7 Å². The van der Waals surface area contributed by atoms with Crippen molar-refractivity contribution in [2.75, 3.05) is 7.11 Å². The summed E-state index contributed by atoms with van der Waals surface area (Å²) in [6.45, 7) is 0. The van der Waals surface area contributed by atoms with E-state index in [0.717, 1.165) is 17.1 Å². The lowest BCUT2D eigenvalue weighted by atomic mass is 10.2. The van der Waals surface area contributed by atoms with E-state index in [2.05, 4.69) is 12.6 Å². The van der Waals surface area contributed by atoms with Gasteiger partial charge < -0.3 is 4.74 Å². The Hall–Kier alpha value is 0.1000. The number of benzene rings is 1. The number of ether oxygens (including phenoxy) is 1. The Labute approximate surface area is 104 Å². The second-order valence-electron chi connectivity index (χ2n) is 2.51. The van der Waals surface area contributed by atoms with Gasteiger partial charge in [0.25, 0.3) is 0 Å². The zero-order valence-corrected chi connectivity index (χ0v) is 10.8. The zero-order valence-electron chi connectivity index (χ0n) is 7.49. The largest absolute Gasteiger partial charge is 0.497 e. The van der Waals surface area contributed by atoms with Crippen LogP contribution in [-0.4, -0.2) is 10.6 Å². The molecule has 0 amide bonds. The van der Waals surface area contributed by atoms with Crippen LogP contribution < -0.4 is 4.74 Å². The number of hydrogen-bond acceptors (Lipinski definition) is 3. The second kappa shape index (κ2) is 5.85. The molecule has 5 heteroatoms. The fourth-order valence-corrected chi connectivity index (χ4v) is 2.13. The maximum absolute atomic E-state index is 6.03. The van der Waals surface area contributed by atoms with Crippen molar-refractivity contribution in [2.45, 2.75) is 5.75 Å². The topological polar surface area (TPSA) is 9.23 Å². The first kappa shape index (κ1) is 12.2. The summed E-state index contributed by atoms with van der Waals surface area (Å²) in [4.78, 5) is 0. The molecule has 0 aliphatic heterocycles. The summed E-state index contributed by atoms with van der Waals surface area (Å²) >= 11 is 16.4. The van der Waals surface area contributed by atoms with Crippen LogP contribution in [0.15, 0.2) is 18.2 Å². The van der Waals surface area contributed by atoms with Gasteiger partial charge in [-0.1, -0.05) is 29.9 Å². The van der Waals surface area contributed by atoms with E-state index in [1.807, 2.05) is 12.1 Å². The Morgan fingerprint density at radius 2 is 2.36 bits per heavy atom. The Morgan fingerprint density at radius 1 is 1.64 bits per heavy atom. The van der Waals surface area contributed by atoms with Gasteiger partial charge in [-0.2, -0.15) is 0 Å². The highest BCUT2D eigenvalue weighted by molar-refractivity contribution is 8.41. The standard InChI is InChI=1S/C9H9ClOS3/c1-11-7-3-2-6(8(10)4-7)5-14-9(12)13/h2-4H,5H2,1H3,(H,12,13). The summed E-state index contributed by atoms with van der Waals surface area (Å²) < 4.78 is 5.67. The molecule has 76 valence electrons. The first-order chi connectivity index (χ1) is 6.63. The zero-order chi connectivity index (χ0) is 10.6. The Balaban J connectivity index is 2.73. The fraction of sp³-hybridized carbons (Fsp3) is 0.222. The van der Waals surface area contributed by atoms with Crippen LogP contribution in [0.1, 0.15) is 5.56 Å². The van der Waals surface area contributed by atoms with Gasteiger partial charge in [0.15, 0.2) is 0 Å². The van der Waals surface area contributed by atoms with E-state index in [1.165, 1.54) is 11.8 Å². The van der Waals surface area contributed by atoms with Crippen molar-refractivity contribution in [3.63, 3.8) is 0 Å². The number of halogens is 1. The Bertz CT molecular complexity index is 341. The van der Waals surface area contributed by atoms with Crippen LogP contribution >= 0.6 is 48.2 Å². The lowest BCUT2D eigenvalue weighted by Gasteiger charge is -2.05. The van der Waals surface area contributed by atoms with Crippen molar-refractivity contribution in [2.24, 2.45) is 0 Å². The van der Waals surface area contributed by atoms with Crippen molar-refractivity contribution < 1.29 is 4.74 Å². The fourth-order valence-electron chi connectivity index (χ4n) is 0.912. The molecule has 0 saturated carbocycles. The van der Waals surface area contributed by atoms with Crippen LogP contribution in [-0.2, 0) is 5.75 Å². The molecule has 1 aromatic rings. The van der Waals surface area contributed by atoms with E-state index >= 15 is 0 Å². The molecule has 1 aromatic carbocycles. The maximum Gasteiger partial charge on any atom is 0.120 e. The van der Waals surface area contributed by atoms with E-state index in [9.17, 15) is 0 Å². The molecule has 0 aliphatic rings. The molecule has 14 heavy (non-hydrogen) atoms. The molecule has 0 N–H and O–H groups in total. The van der Waals surface area contributed by atoms with Crippen LogP contribution in [0.2, 0.25) is 5.02 Å². The van der Waals surface area contributed by atoms with Crippen molar-refractivity contribution in [3.05, 3.63) is 28.8 Å². The molecule has 0 aliphatic carbocycles. The van der Waals surface area contributed by atoms with Crippen LogP contribution in [0.4, 0.5) is 0 Å². The SMILES string of the molecule is COc1ccc(CSC(=S)S)c(Cl)c1. The summed E-state index contributed by atoms with van der Waals surface area (Å²) in [5.41, 5.74) is 1.04. The highest BCUT2D eigenvalue weighted by Crippen LogP contribution is 2.26. The predicted molar refractivity (Wildman–Crippen MR) is 70.9 cm³/mol. The van der Waals surface area contributed by atoms with Crippen LogP contribution in [0.5, 0.6) is 5.75 Å². The number of thioether (sulfide) groups is 1. The lowest BCUT2D eigenvalue weighted by Crippen LogP contribution is -1.87. The van der Waals surface area contributed by atoms with Crippen LogP contribution in [0, 0.1) is 0 Å². The van der Waals surface area contributed by atoms with Gasteiger partial charge in [0, 0.05) is 10.8 Å². The summed E-state index contributed by atoms with van der Waals surface area (Å²) in [7, 11) is 1.61. The highest BCUT2D eigenvalue weighted by atomic mass is 35.5. The van der Waals surface area contributed by atoms with Crippen molar-refractivity contribution in [3.8, 4) is 5.75 Å². The molecule has 0 spiro atoms. The summed E-state index contributed by atoms with van der Waals surface area (Å²) in [5, 5.41) is 0.696. The van der Waals surface area contributed by atoms with E-state index in [-0.39, 0.29) is 0 Å². The molecule has 0 saturated heterocycles. The molecule has 1 rings (SSSR count). The second-order valence-corrected chi connectivity index (χ2v) is 5.62. The molecular weight excluding hydrogens is 256 g/mol. The van der Waals surface area contributed by atoms with E-state index in [4.69, 9.17) is 28.6 Å². The third kappa shape index (κ3) is 3.69. The molecule has 0 bridgehead atoms. The molecule has 1 nitrogen and oxygen atoms in total. The number of rotatable bonds is 3. The van der Waals surface area contributed by atoms with Gasteiger partial charge in [-0.05, 0) is 17.7 Å². The van der Waals surface area contributed by atoms with Gasteiger partial charge in [-0.25, -0.2) is 0 Å². The number of methoxy groups -OCH3 is 1. The van der Waals surface area contributed by atoms with Crippen LogP contribution in [0.25, 0.3) is 0 Å². The smallest absolute Gasteiger partial charge is 0.120 e. The first-order valence-corrected chi connectivity index (χ1v) is 6.03. The van der Waals surface area contributed by atoms with Gasteiger partial charge >= 0.3 is 0 Å². The highest BCUT2D eigenvalue weighted by Gasteiger charge is 2.02. The van der Waals surface area contributed by atoms with E-state index < -0.39 is 0 Å². The van der Waals surface area contributed by atoms with Crippen molar-refractivity contribution in [1.82, 2.24) is 0 Å². The van der Waals surface area contributed by atoms with Gasteiger partial charge in [-0.3, -0.25) is 0 Å². The third-order valence-corrected chi connectivity index (χ3v) is 3.41. The summed E-state index contributed by atoms with van der Waals surface area (Å²) in [6, 6.07) is 5.60. The normalized spacial score (nSPS) is 9.93.